The van der Waals surface area contributed by atoms with E-state index in [0.29, 0.717) is 0 Å². The van der Waals surface area contributed by atoms with Gasteiger partial charge in [0.05, 0.1) is 0 Å². The number of unbranched alkanes of at least 4 members (excludes halogenated alkanes) is 28. The summed E-state index contributed by atoms with van der Waals surface area (Å²) >= 11 is 9.89. The van der Waals surface area contributed by atoms with E-state index < -0.39 is 0 Å². The molecule has 0 atom stereocenters. The molecule has 0 aromatic carbocycles. The van der Waals surface area contributed by atoms with Gasteiger partial charge in [-0.25, -0.2) is 0 Å². The zero-order valence-corrected chi connectivity index (χ0v) is 35.3. The van der Waals surface area contributed by atoms with Crippen LogP contribution in [0.2, 0.25) is 0 Å². The van der Waals surface area contributed by atoms with Crippen LogP contribution in [0.25, 0.3) is 0 Å². The molecule has 3 heteroatoms. The summed E-state index contributed by atoms with van der Waals surface area (Å²) < 4.78 is 0. The van der Waals surface area contributed by atoms with E-state index in [1.165, 1.54) is 193 Å². The van der Waals surface area contributed by atoms with Crippen molar-refractivity contribution in [3.8, 4) is 0 Å². The first-order valence-corrected chi connectivity index (χ1v) is 20.6. The Balaban J connectivity index is -0.000000185. The standard InChI is InChI=1S/2C17H36S.2C3H7.Sn/c2*1-2-3-4-5-6-7-8-9-10-11-12-13-14-15-16-17-18;2*1-3-2;/h2*18H,2-17H2,1H3;2*1,3H2,2H3;/q;;;;+2/p-2. The van der Waals surface area contributed by atoms with E-state index in [4.69, 9.17) is 25.3 Å². The van der Waals surface area contributed by atoms with E-state index in [9.17, 15) is 0 Å². The number of hydrogen-bond donors (Lipinski definition) is 0. The van der Waals surface area contributed by atoms with Gasteiger partial charge in [-0.2, -0.15) is 11.5 Å². The fourth-order valence-electron chi connectivity index (χ4n) is 4.95. The fraction of sp³-hybridized carbons (Fsp3) is 0.950. The summed E-state index contributed by atoms with van der Waals surface area (Å²) in [6, 6.07) is 0. The molecule has 0 aromatic rings. The van der Waals surface area contributed by atoms with Crippen LogP contribution in [0.5, 0.6) is 0 Å². The van der Waals surface area contributed by atoms with Crippen molar-refractivity contribution in [3.63, 3.8) is 0 Å². The summed E-state index contributed by atoms with van der Waals surface area (Å²) in [4.78, 5) is 0. The van der Waals surface area contributed by atoms with Crippen molar-refractivity contribution >= 4 is 49.2 Å². The Hall–Kier alpha value is 1.50. The molecule has 260 valence electrons. The van der Waals surface area contributed by atoms with Crippen LogP contribution in [0.3, 0.4) is 0 Å². The molecule has 0 amide bonds. The van der Waals surface area contributed by atoms with Gasteiger partial charge < -0.3 is 25.3 Å². The molecule has 0 aliphatic heterocycles. The van der Waals surface area contributed by atoms with Gasteiger partial charge in [-0.05, 0) is 0 Å². The van der Waals surface area contributed by atoms with E-state index in [2.05, 4.69) is 27.7 Å². The summed E-state index contributed by atoms with van der Waals surface area (Å²) in [7, 11) is 0. The summed E-state index contributed by atoms with van der Waals surface area (Å²) in [5.74, 6) is 1.91. The minimum atomic E-state index is 0. The second-order valence-corrected chi connectivity index (χ2v) is 13.1. The first-order chi connectivity index (χ1) is 20.7. The Morgan fingerprint density at radius 3 is 0.512 bits per heavy atom. The van der Waals surface area contributed by atoms with Crippen molar-refractivity contribution in [3.05, 3.63) is 13.8 Å². The first-order valence-electron chi connectivity index (χ1n) is 19.4. The Bertz CT molecular complexity index is 298. The van der Waals surface area contributed by atoms with Crippen molar-refractivity contribution in [2.75, 3.05) is 11.5 Å². The Morgan fingerprint density at radius 1 is 0.279 bits per heavy atom. The van der Waals surface area contributed by atoms with Crippen molar-refractivity contribution in [2.24, 2.45) is 0 Å². The largest absolute Gasteiger partial charge is 2.00 e. The molecular formula is C40H84S2Sn. The molecule has 0 aromatic heterocycles. The molecule has 0 spiro atoms. The van der Waals surface area contributed by atoms with Gasteiger partial charge in [-0.1, -0.05) is 247 Å². The molecule has 0 saturated carbocycles. The Morgan fingerprint density at radius 2 is 0.395 bits per heavy atom. The summed E-state index contributed by atoms with van der Waals surface area (Å²) in [6.07, 6.45) is 45.0. The SMILES string of the molecule is CCCCCCCCCCCCCCCCC[S-].CCCCCCCCCCCCCCCCC[S-].[CH2]CC.[CH2]CC.[Sn+2]. The van der Waals surface area contributed by atoms with Gasteiger partial charge in [0.15, 0.2) is 0 Å². The molecule has 0 fully saturated rings. The molecule has 0 aliphatic rings. The van der Waals surface area contributed by atoms with Crippen molar-refractivity contribution in [2.45, 2.75) is 233 Å². The molecular weight excluding hydrogens is 663 g/mol. The first kappa shape index (κ1) is 54.0. The maximum absolute atomic E-state index is 4.95. The Kier molecular flexibility index (Phi) is 78.2. The molecule has 0 aliphatic carbocycles. The van der Waals surface area contributed by atoms with Gasteiger partial charge >= 0.3 is 23.9 Å². The third-order valence-electron chi connectivity index (χ3n) is 7.50. The van der Waals surface area contributed by atoms with E-state index in [1.807, 2.05) is 13.8 Å². The average Bonchev–Trinajstić information content (AvgIpc) is 2.99. The van der Waals surface area contributed by atoms with E-state index in [0.717, 1.165) is 24.3 Å². The molecule has 0 rings (SSSR count). The monoisotopic (exact) mass is 749 g/mol. The molecule has 0 unspecified atom stereocenters. The van der Waals surface area contributed by atoms with Crippen LogP contribution >= 0.6 is 0 Å². The van der Waals surface area contributed by atoms with Crippen molar-refractivity contribution < 1.29 is 0 Å². The summed E-state index contributed by atoms with van der Waals surface area (Å²) in [5, 5.41) is 0. The Labute approximate surface area is 305 Å². The quantitative estimate of drug-likeness (QED) is 0.0408. The van der Waals surface area contributed by atoms with Crippen LogP contribution < -0.4 is 0 Å². The minimum absolute atomic E-state index is 0. The molecule has 0 saturated heterocycles. The summed E-state index contributed by atoms with van der Waals surface area (Å²) in [6.45, 7) is 15.6. The van der Waals surface area contributed by atoms with Crippen LogP contribution in [0.1, 0.15) is 233 Å². The zero-order valence-electron chi connectivity index (χ0n) is 30.8. The molecule has 4 radical (unpaired) electrons. The van der Waals surface area contributed by atoms with Gasteiger partial charge in [0.25, 0.3) is 0 Å². The third-order valence-corrected chi connectivity index (χ3v) is 8.07. The predicted molar refractivity (Wildman–Crippen MR) is 211 cm³/mol. The predicted octanol–water partition coefficient (Wildman–Crippen LogP) is 14.9. The molecule has 0 N–H and O–H groups in total. The van der Waals surface area contributed by atoms with Gasteiger partial charge in [0, 0.05) is 0 Å². The molecule has 0 bridgehead atoms. The smallest absolute Gasteiger partial charge is 0.793 e. The average molecular weight is 748 g/mol. The second kappa shape index (κ2) is 62.3. The minimum Gasteiger partial charge on any atom is -0.793 e. The van der Waals surface area contributed by atoms with Gasteiger partial charge in [-0.3, -0.25) is 0 Å². The maximum Gasteiger partial charge on any atom is 2.00 e. The molecule has 0 heterocycles. The topological polar surface area (TPSA) is 0 Å². The zero-order chi connectivity index (χ0) is 32.0. The molecule has 0 nitrogen and oxygen atoms in total. The van der Waals surface area contributed by atoms with Gasteiger partial charge in [0.2, 0.25) is 0 Å². The third kappa shape index (κ3) is 75.5. The van der Waals surface area contributed by atoms with Crippen LogP contribution in [0.4, 0.5) is 0 Å². The number of hydrogen-bond acceptors (Lipinski definition) is 2. The van der Waals surface area contributed by atoms with E-state index in [1.54, 1.807) is 0 Å². The maximum atomic E-state index is 4.95. The fourth-order valence-corrected chi connectivity index (χ4v) is 5.36. The van der Waals surface area contributed by atoms with Crippen molar-refractivity contribution in [1.82, 2.24) is 0 Å². The normalized spacial score (nSPS) is 10.0. The van der Waals surface area contributed by atoms with Crippen LogP contribution in [0.15, 0.2) is 0 Å². The van der Waals surface area contributed by atoms with Gasteiger partial charge in [-0.15, -0.1) is 0 Å². The summed E-state index contributed by atoms with van der Waals surface area (Å²) in [5.41, 5.74) is 0. The molecule has 43 heavy (non-hydrogen) atoms. The number of rotatable bonds is 30. The second-order valence-electron chi connectivity index (χ2n) is 12.3. The van der Waals surface area contributed by atoms with Crippen LogP contribution in [-0.2, 0) is 25.3 Å². The van der Waals surface area contributed by atoms with Crippen molar-refractivity contribution in [1.29, 1.82) is 0 Å². The van der Waals surface area contributed by atoms with Crippen LogP contribution in [-0.4, -0.2) is 35.4 Å². The van der Waals surface area contributed by atoms with E-state index in [-0.39, 0.29) is 23.9 Å². The van der Waals surface area contributed by atoms with Gasteiger partial charge in [0.1, 0.15) is 0 Å². The van der Waals surface area contributed by atoms with E-state index >= 15 is 0 Å². The van der Waals surface area contributed by atoms with Crippen LogP contribution in [0, 0.1) is 13.8 Å².